The van der Waals surface area contributed by atoms with E-state index in [1.807, 2.05) is 6.07 Å². The van der Waals surface area contributed by atoms with Crippen molar-refractivity contribution in [2.75, 3.05) is 6.61 Å². The molecule has 3 rings (SSSR count). The van der Waals surface area contributed by atoms with E-state index in [-0.39, 0.29) is 18.1 Å². The lowest BCUT2D eigenvalue weighted by atomic mass is 10.1. The van der Waals surface area contributed by atoms with E-state index in [4.69, 9.17) is 10.00 Å². The monoisotopic (exact) mass is 336 g/mol. The zero-order valence-corrected chi connectivity index (χ0v) is 13.3. The number of hydrogen-bond donors (Lipinski definition) is 0. The molecule has 0 atom stereocenters. The minimum atomic E-state index is -0.587. The van der Waals surface area contributed by atoms with Crippen molar-refractivity contribution < 1.29 is 13.9 Å². The van der Waals surface area contributed by atoms with Gasteiger partial charge in [-0.05, 0) is 55.5 Å². The number of ether oxygens (including phenoxy) is 1. The van der Waals surface area contributed by atoms with Gasteiger partial charge in [0.1, 0.15) is 11.5 Å². The fourth-order valence-electron chi connectivity index (χ4n) is 2.32. The molecule has 0 N–H and O–H groups in total. The number of hydrogen-bond acceptors (Lipinski definition) is 5. The van der Waals surface area contributed by atoms with Gasteiger partial charge in [0.2, 0.25) is 0 Å². The molecular weight excluding hydrogens is 323 g/mol. The Morgan fingerprint density at radius 3 is 2.48 bits per heavy atom. The summed E-state index contributed by atoms with van der Waals surface area (Å²) in [5.74, 6) is -0.975. The summed E-state index contributed by atoms with van der Waals surface area (Å²) in [5, 5.41) is 17.0. The van der Waals surface area contributed by atoms with Gasteiger partial charge in [-0.3, -0.25) is 0 Å². The van der Waals surface area contributed by atoms with Gasteiger partial charge in [0.25, 0.3) is 0 Å². The Morgan fingerprint density at radius 2 is 1.88 bits per heavy atom. The molecule has 0 bridgehead atoms. The second-order valence-corrected chi connectivity index (χ2v) is 5.08. The normalized spacial score (nSPS) is 10.3. The number of carbonyl (C=O) groups excluding carboxylic acids is 1. The molecule has 0 spiro atoms. The first-order valence-electron chi connectivity index (χ1n) is 7.53. The van der Waals surface area contributed by atoms with Gasteiger partial charge < -0.3 is 4.74 Å². The molecule has 0 saturated carbocycles. The lowest BCUT2D eigenvalue weighted by Gasteiger charge is -2.07. The molecular formula is C18H13FN4O2. The van der Waals surface area contributed by atoms with Gasteiger partial charge in [-0.25, -0.2) is 13.9 Å². The van der Waals surface area contributed by atoms with E-state index in [2.05, 4.69) is 10.3 Å². The third-order valence-electron chi connectivity index (χ3n) is 3.50. The first-order chi connectivity index (χ1) is 12.1. The first kappa shape index (κ1) is 16.3. The Bertz CT molecular complexity index is 941. The van der Waals surface area contributed by atoms with E-state index in [0.717, 1.165) is 0 Å². The standard InChI is InChI=1S/C18H13FN4O2/c1-2-25-18(24)17-16(13-5-7-14(19)8-6-13)21-22-23(17)15-9-3-12(11-20)4-10-15/h3-10H,2H2,1H3. The van der Waals surface area contributed by atoms with Gasteiger partial charge in [0.05, 0.1) is 23.9 Å². The van der Waals surface area contributed by atoms with E-state index in [1.54, 1.807) is 31.2 Å². The van der Waals surface area contributed by atoms with Crippen LogP contribution in [0.1, 0.15) is 23.0 Å². The second kappa shape index (κ2) is 6.93. The summed E-state index contributed by atoms with van der Waals surface area (Å²) in [5.41, 5.74) is 2.02. The predicted molar refractivity (Wildman–Crippen MR) is 87.4 cm³/mol. The number of nitrogens with zero attached hydrogens (tertiary/aromatic N) is 4. The van der Waals surface area contributed by atoms with Gasteiger partial charge in [-0.2, -0.15) is 5.26 Å². The van der Waals surface area contributed by atoms with Crippen LogP contribution in [-0.4, -0.2) is 27.6 Å². The van der Waals surface area contributed by atoms with Crippen LogP contribution in [-0.2, 0) is 4.74 Å². The highest BCUT2D eigenvalue weighted by molar-refractivity contribution is 5.94. The van der Waals surface area contributed by atoms with Crippen LogP contribution in [0, 0.1) is 17.1 Å². The third kappa shape index (κ3) is 3.23. The molecule has 7 heteroatoms. The highest BCUT2D eigenvalue weighted by Crippen LogP contribution is 2.24. The molecule has 1 aromatic heterocycles. The van der Waals surface area contributed by atoms with Crippen molar-refractivity contribution in [2.45, 2.75) is 6.92 Å². The summed E-state index contributed by atoms with van der Waals surface area (Å²) < 4.78 is 19.6. The van der Waals surface area contributed by atoms with E-state index in [9.17, 15) is 9.18 Å². The van der Waals surface area contributed by atoms with Crippen LogP contribution in [0.2, 0.25) is 0 Å². The summed E-state index contributed by atoms with van der Waals surface area (Å²) in [6, 6.07) is 14.2. The van der Waals surface area contributed by atoms with Crippen LogP contribution in [0.5, 0.6) is 0 Å². The minimum absolute atomic E-state index is 0.137. The number of aromatic nitrogens is 3. The van der Waals surface area contributed by atoms with Gasteiger partial charge in [-0.1, -0.05) is 5.21 Å². The predicted octanol–water partition coefficient (Wildman–Crippen LogP) is 3.12. The summed E-state index contributed by atoms with van der Waals surface area (Å²) in [6.07, 6.45) is 0. The fourth-order valence-corrected chi connectivity index (χ4v) is 2.32. The van der Waals surface area contributed by atoms with E-state index in [0.29, 0.717) is 22.5 Å². The largest absolute Gasteiger partial charge is 0.461 e. The maximum absolute atomic E-state index is 13.2. The van der Waals surface area contributed by atoms with Crippen molar-refractivity contribution in [2.24, 2.45) is 0 Å². The fraction of sp³-hybridized carbons (Fsp3) is 0.111. The number of esters is 1. The van der Waals surface area contributed by atoms with Crippen molar-refractivity contribution >= 4 is 5.97 Å². The van der Waals surface area contributed by atoms with Gasteiger partial charge >= 0.3 is 5.97 Å². The summed E-state index contributed by atoms with van der Waals surface area (Å²) in [7, 11) is 0. The van der Waals surface area contributed by atoms with Crippen LogP contribution < -0.4 is 0 Å². The molecule has 2 aromatic carbocycles. The van der Waals surface area contributed by atoms with Crippen LogP contribution in [0.3, 0.4) is 0 Å². The minimum Gasteiger partial charge on any atom is -0.461 e. The van der Waals surface area contributed by atoms with E-state index in [1.165, 1.54) is 28.9 Å². The molecule has 0 saturated heterocycles. The lowest BCUT2D eigenvalue weighted by Crippen LogP contribution is -2.13. The summed E-state index contributed by atoms with van der Waals surface area (Å²) in [4.78, 5) is 12.4. The highest BCUT2D eigenvalue weighted by atomic mass is 19.1. The van der Waals surface area contributed by atoms with Gasteiger partial charge in [0, 0.05) is 5.56 Å². The van der Waals surface area contributed by atoms with Crippen molar-refractivity contribution in [3.05, 3.63) is 65.6 Å². The Hall–Kier alpha value is -3.53. The topological polar surface area (TPSA) is 80.8 Å². The molecule has 6 nitrogen and oxygen atoms in total. The van der Waals surface area contributed by atoms with Crippen LogP contribution >= 0.6 is 0 Å². The van der Waals surface area contributed by atoms with Crippen molar-refractivity contribution in [1.82, 2.24) is 15.0 Å². The van der Waals surface area contributed by atoms with Crippen LogP contribution in [0.4, 0.5) is 4.39 Å². The molecule has 0 aliphatic carbocycles. The molecule has 25 heavy (non-hydrogen) atoms. The number of halogens is 1. The number of carbonyl (C=O) groups is 1. The van der Waals surface area contributed by atoms with Gasteiger partial charge in [0.15, 0.2) is 5.69 Å². The Balaban J connectivity index is 2.13. The highest BCUT2D eigenvalue weighted by Gasteiger charge is 2.23. The quantitative estimate of drug-likeness (QED) is 0.684. The molecule has 0 fully saturated rings. The van der Waals surface area contributed by atoms with Crippen LogP contribution in [0.15, 0.2) is 48.5 Å². The third-order valence-corrected chi connectivity index (χ3v) is 3.50. The molecule has 1 heterocycles. The Morgan fingerprint density at radius 1 is 1.20 bits per heavy atom. The van der Waals surface area contributed by atoms with Crippen LogP contribution in [0.25, 0.3) is 16.9 Å². The Kier molecular flexibility index (Phi) is 4.53. The number of rotatable bonds is 4. The maximum atomic E-state index is 13.2. The number of benzene rings is 2. The summed E-state index contributed by atoms with van der Waals surface area (Å²) >= 11 is 0. The average Bonchev–Trinajstić information content (AvgIpc) is 3.08. The van der Waals surface area contributed by atoms with Crippen molar-refractivity contribution in [3.8, 4) is 23.0 Å². The SMILES string of the molecule is CCOC(=O)c1c(-c2ccc(F)cc2)nnn1-c1ccc(C#N)cc1. The first-order valence-corrected chi connectivity index (χ1v) is 7.53. The molecule has 0 aliphatic heterocycles. The zero-order valence-electron chi connectivity index (χ0n) is 13.3. The van der Waals surface area contributed by atoms with E-state index < -0.39 is 5.97 Å². The summed E-state index contributed by atoms with van der Waals surface area (Å²) in [6.45, 7) is 1.89. The van der Waals surface area contributed by atoms with E-state index >= 15 is 0 Å². The smallest absolute Gasteiger partial charge is 0.359 e. The van der Waals surface area contributed by atoms with Gasteiger partial charge in [-0.15, -0.1) is 5.10 Å². The average molecular weight is 336 g/mol. The molecule has 0 unspecified atom stereocenters. The molecule has 124 valence electrons. The number of nitriles is 1. The molecule has 0 aliphatic rings. The maximum Gasteiger partial charge on any atom is 0.359 e. The van der Waals surface area contributed by atoms with Crippen molar-refractivity contribution in [3.63, 3.8) is 0 Å². The molecule has 0 amide bonds. The Labute approximate surface area is 143 Å². The second-order valence-electron chi connectivity index (χ2n) is 5.08. The zero-order chi connectivity index (χ0) is 17.8. The lowest BCUT2D eigenvalue weighted by molar-refractivity contribution is 0.0516. The molecule has 0 radical (unpaired) electrons. The van der Waals surface area contributed by atoms with Crippen molar-refractivity contribution in [1.29, 1.82) is 5.26 Å². The molecule has 3 aromatic rings.